The van der Waals surface area contributed by atoms with Gasteiger partial charge in [0.1, 0.15) is 12.4 Å². The third-order valence-electron chi connectivity index (χ3n) is 4.09. The van der Waals surface area contributed by atoms with Crippen LogP contribution < -0.4 is 4.74 Å². The van der Waals surface area contributed by atoms with Crippen LogP contribution in [0.1, 0.15) is 43.6 Å². The quantitative estimate of drug-likeness (QED) is 0.627. The van der Waals surface area contributed by atoms with E-state index in [9.17, 15) is 8.78 Å². The molecule has 4 heteroatoms. The molecule has 2 rings (SSSR count). The Labute approximate surface area is 127 Å². The summed E-state index contributed by atoms with van der Waals surface area (Å²) in [6.07, 6.45) is 3.90. The molecule has 0 bridgehead atoms. The normalized spacial score (nSPS) is 23.0. The molecule has 1 aromatic carbocycles. The molecular weight excluding hydrogens is 326 g/mol. The highest BCUT2D eigenvalue weighted by Crippen LogP contribution is 2.37. The summed E-state index contributed by atoms with van der Waals surface area (Å²) in [7, 11) is 0. The topological polar surface area (TPSA) is 9.23 Å². The lowest BCUT2D eigenvalue weighted by Gasteiger charge is -2.28. The zero-order valence-electron chi connectivity index (χ0n) is 11.5. The second-order valence-corrected chi connectivity index (χ2v) is 6.26. The molecule has 0 heterocycles. The maximum absolute atomic E-state index is 12.1. The van der Waals surface area contributed by atoms with Crippen LogP contribution in [0.2, 0.25) is 0 Å². The molecule has 0 radical (unpaired) electrons. The Hall–Kier alpha value is -0.640. The fraction of sp³-hybridized carbons (Fsp3) is 0.625. The molecule has 0 N–H and O–H groups in total. The van der Waals surface area contributed by atoms with Crippen LogP contribution in [0.25, 0.3) is 0 Å². The van der Waals surface area contributed by atoms with Gasteiger partial charge in [0.2, 0.25) is 0 Å². The number of hydrogen-bond donors (Lipinski definition) is 0. The van der Waals surface area contributed by atoms with Crippen LogP contribution in [-0.2, 0) is 0 Å². The molecule has 0 amide bonds. The summed E-state index contributed by atoms with van der Waals surface area (Å²) in [5, 5.41) is 1.10. The summed E-state index contributed by atoms with van der Waals surface area (Å²) in [6, 6.07) is 7.66. The predicted molar refractivity (Wildman–Crippen MR) is 81.1 cm³/mol. The van der Waals surface area contributed by atoms with Crippen LogP contribution in [0, 0.1) is 5.92 Å². The second kappa shape index (κ2) is 7.96. The van der Waals surface area contributed by atoms with Crippen LogP contribution in [0.4, 0.5) is 8.78 Å². The largest absolute Gasteiger partial charge is 0.488 e. The Morgan fingerprint density at radius 1 is 1.10 bits per heavy atom. The van der Waals surface area contributed by atoms with Crippen LogP contribution in [0.15, 0.2) is 24.3 Å². The Morgan fingerprint density at radius 3 is 2.30 bits per heavy atom. The van der Waals surface area contributed by atoms with Gasteiger partial charge in [-0.15, -0.1) is 0 Å². The number of alkyl halides is 3. The lowest BCUT2D eigenvalue weighted by Crippen LogP contribution is -2.13. The summed E-state index contributed by atoms with van der Waals surface area (Å²) in [5.74, 6) is 2.01. The number of halogens is 3. The smallest absolute Gasteiger partial charge is 0.272 e. The van der Waals surface area contributed by atoms with E-state index in [1.807, 2.05) is 24.3 Å². The van der Waals surface area contributed by atoms with Crippen molar-refractivity contribution in [2.45, 2.75) is 44.4 Å². The van der Waals surface area contributed by atoms with Crippen LogP contribution in [0.5, 0.6) is 5.75 Å². The zero-order chi connectivity index (χ0) is 14.4. The van der Waals surface area contributed by atoms with E-state index in [0.29, 0.717) is 11.7 Å². The van der Waals surface area contributed by atoms with E-state index in [-0.39, 0.29) is 0 Å². The highest BCUT2D eigenvalue weighted by Gasteiger charge is 2.21. The molecule has 1 aliphatic rings. The standard InChI is InChI=1S/C16H21BrF2O/c17-10-9-12-1-3-13(4-2-12)14-5-7-15(8-6-14)20-11-16(18)19/h5-8,12-13,16H,1-4,9-11H2. The van der Waals surface area contributed by atoms with Gasteiger partial charge in [-0.3, -0.25) is 0 Å². The molecule has 0 aromatic heterocycles. The van der Waals surface area contributed by atoms with Gasteiger partial charge < -0.3 is 4.74 Å². The van der Waals surface area contributed by atoms with Crippen molar-refractivity contribution in [2.24, 2.45) is 5.92 Å². The van der Waals surface area contributed by atoms with E-state index in [0.717, 1.165) is 11.2 Å². The number of rotatable bonds is 6. The van der Waals surface area contributed by atoms with Crippen LogP contribution in [-0.4, -0.2) is 18.4 Å². The van der Waals surface area contributed by atoms with E-state index in [4.69, 9.17) is 4.74 Å². The maximum atomic E-state index is 12.1. The summed E-state index contributed by atoms with van der Waals surface area (Å²) >= 11 is 3.51. The molecular formula is C16H21BrF2O. The van der Waals surface area contributed by atoms with Gasteiger partial charge in [-0.05, 0) is 61.6 Å². The fourth-order valence-corrected chi connectivity index (χ4v) is 3.58. The first-order valence-corrected chi connectivity index (χ1v) is 8.38. The van der Waals surface area contributed by atoms with Crippen molar-refractivity contribution >= 4 is 15.9 Å². The van der Waals surface area contributed by atoms with E-state index >= 15 is 0 Å². The first-order valence-electron chi connectivity index (χ1n) is 7.26. The van der Waals surface area contributed by atoms with Gasteiger partial charge in [0.15, 0.2) is 0 Å². The number of hydrogen-bond acceptors (Lipinski definition) is 1. The van der Waals surface area contributed by atoms with Crippen LogP contribution in [0.3, 0.4) is 0 Å². The van der Waals surface area contributed by atoms with Gasteiger partial charge >= 0.3 is 0 Å². The summed E-state index contributed by atoms with van der Waals surface area (Å²) in [5.41, 5.74) is 1.31. The highest BCUT2D eigenvalue weighted by atomic mass is 79.9. The molecule has 20 heavy (non-hydrogen) atoms. The molecule has 1 aromatic rings. The minimum atomic E-state index is -2.42. The summed E-state index contributed by atoms with van der Waals surface area (Å²) < 4.78 is 29.1. The minimum absolute atomic E-state index is 0.530. The predicted octanol–water partition coefficient (Wildman–Crippen LogP) is 5.39. The lowest BCUT2D eigenvalue weighted by molar-refractivity contribution is 0.0819. The van der Waals surface area contributed by atoms with Crippen molar-refractivity contribution in [3.63, 3.8) is 0 Å². The minimum Gasteiger partial charge on any atom is -0.488 e. The molecule has 1 fully saturated rings. The molecule has 1 nitrogen and oxygen atoms in total. The zero-order valence-corrected chi connectivity index (χ0v) is 13.1. The highest BCUT2D eigenvalue weighted by molar-refractivity contribution is 9.09. The second-order valence-electron chi connectivity index (χ2n) is 5.47. The van der Waals surface area contributed by atoms with Crippen molar-refractivity contribution in [1.29, 1.82) is 0 Å². The van der Waals surface area contributed by atoms with Crippen molar-refractivity contribution in [3.05, 3.63) is 29.8 Å². The number of benzene rings is 1. The van der Waals surface area contributed by atoms with Crippen LogP contribution >= 0.6 is 15.9 Å². The first-order chi connectivity index (χ1) is 9.69. The maximum Gasteiger partial charge on any atom is 0.272 e. The third-order valence-corrected chi connectivity index (χ3v) is 4.55. The van der Waals surface area contributed by atoms with Gasteiger partial charge in [0, 0.05) is 5.33 Å². The van der Waals surface area contributed by atoms with Crippen molar-refractivity contribution in [2.75, 3.05) is 11.9 Å². The molecule has 0 spiro atoms. The van der Waals surface area contributed by atoms with E-state index < -0.39 is 13.0 Å². The van der Waals surface area contributed by atoms with E-state index in [1.165, 1.54) is 37.7 Å². The van der Waals surface area contributed by atoms with Crippen molar-refractivity contribution < 1.29 is 13.5 Å². The summed E-state index contributed by atoms with van der Waals surface area (Å²) in [4.78, 5) is 0. The molecule has 0 saturated heterocycles. The molecule has 0 unspecified atom stereocenters. The average molecular weight is 347 g/mol. The SMILES string of the molecule is FC(F)COc1ccc(C2CCC(CCBr)CC2)cc1. The molecule has 1 saturated carbocycles. The number of ether oxygens (including phenoxy) is 1. The van der Waals surface area contributed by atoms with Gasteiger partial charge in [-0.25, -0.2) is 8.78 Å². The Morgan fingerprint density at radius 2 is 1.75 bits per heavy atom. The van der Waals surface area contributed by atoms with Crippen molar-refractivity contribution in [1.82, 2.24) is 0 Å². The fourth-order valence-electron chi connectivity index (χ4n) is 2.93. The first kappa shape index (κ1) is 15.7. The summed E-state index contributed by atoms with van der Waals surface area (Å²) in [6.45, 7) is -0.531. The monoisotopic (exact) mass is 346 g/mol. The van der Waals surface area contributed by atoms with Gasteiger partial charge in [0.05, 0.1) is 0 Å². The molecule has 112 valence electrons. The van der Waals surface area contributed by atoms with Crippen molar-refractivity contribution in [3.8, 4) is 5.75 Å². The molecule has 0 atom stereocenters. The Kier molecular flexibility index (Phi) is 6.27. The third kappa shape index (κ3) is 4.72. The molecule has 0 aliphatic heterocycles. The lowest BCUT2D eigenvalue weighted by atomic mass is 9.78. The van der Waals surface area contributed by atoms with Gasteiger partial charge in [-0.2, -0.15) is 0 Å². The van der Waals surface area contributed by atoms with Gasteiger partial charge in [0.25, 0.3) is 6.43 Å². The average Bonchev–Trinajstić information content (AvgIpc) is 2.47. The Balaban J connectivity index is 1.84. The van der Waals surface area contributed by atoms with E-state index in [2.05, 4.69) is 15.9 Å². The molecule has 1 aliphatic carbocycles. The van der Waals surface area contributed by atoms with E-state index in [1.54, 1.807) is 0 Å². The van der Waals surface area contributed by atoms with Gasteiger partial charge in [-0.1, -0.05) is 28.1 Å². The Bertz CT molecular complexity index is 386.